The molecule has 0 radical (unpaired) electrons. The highest BCUT2D eigenvalue weighted by atomic mass is 32.1. The normalized spacial score (nSPS) is 20.8. The summed E-state index contributed by atoms with van der Waals surface area (Å²) in [5, 5.41) is 8.91. The number of imide groups is 1. The van der Waals surface area contributed by atoms with Crippen LogP contribution >= 0.6 is 11.3 Å². The van der Waals surface area contributed by atoms with Gasteiger partial charge in [0.25, 0.3) is 11.8 Å². The van der Waals surface area contributed by atoms with E-state index in [4.69, 9.17) is 4.74 Å². The van der Waals surface area contributed by atoms with Crippen LogP contribution in [0.25, 0.3) is 10.6 Å². The molecule has 24 heavy (non-hydrogen) atoms. The number of nitrogens with one attached hydrogen (secondary N) is 1. The third-order valence-corrected chi connectivity index (χ3v) is 5.09. The maximum Gasteiger partial charge on any atom is 0.417 e. The minimum atomic E-state index is -0.626. The standard InChI is InChI=1S/C15H14N4O4S/c20-13-8-23-15(22)19(13)9-3-4-18(7-9)14(21)11-6-10(16-17-11)12-2-1-5-24-12/h1-2,5-6,9H,3-4,7-8H2,(H,16,17)/t9-/m1/s1. The number of ether oxygens (including phenoxy) is 1. The zero-order valence-corrected chi connectivity index (χ0v) is 13.4. The Morgan fingerprint density at radius 1 is 1.42 bits per heavy atom. The Morgan fingerprint density at radius 2 is 2.29 bits per heavy atom. The van der Waals surface area contributed by atoms with Gasteiger partial charge in [-0.3, -0.25) is 14.7 Å². The molecular weight excluding hydrogens is 332 g/mol. The molecule has 8 nitrogen and oxygen atoms in total. The van der Waals surface area contributed by atoms with Crippen molar-refractivity contribution < 1.29 is 19.1 Å². The molecule has 4 rings (SSSR count). The monoisotopic (exact) mass is 346 g/mol. The lowest BCUT2D eigenvalue weighted by molar-refractivity contribution is -0.127. The Morgan fingerprint density at radius 3 is 3.00 bits per heavy atom. The quantitative estimate of drug-likeness (QED) is 0.905. The summed E-state index contributed by atoms with van der Waals surface area (Å²) in [4.78, 5) is 39.6. The lowest BCUT2D eigenvalue weighted by atomic mass is 10.2. The summed E-state index contributed by atoms with van der Waals surface area (Å²) in [5.74, 6) is -0.560. The van der Waals surface area contributed by atoms with Gasteiger partial charge in [-0.2, -0.15) is 5.10 Å². The van der Waals surface area contributed by atoms with E-state index in [9.17, 15) is 14.4 Å². The van der Waals surface area contributed by atoms with Crippen LogP contribution in [-0.4, -0.2) is 63.6 Å². The molecule has 4 heterocycles. The van der Waals surface area contributed by atoms with Crippen molar-refractivity contribution in [2.45, 2.75) is 12.5 Å². The molecule has 2 aromatic rings. The molecule has 1 atom stereocenters. The van der Waals surface area contributed by atoms with Crippen LogP contribution in [-0.2, 0) is 9.53 Å². The molecule has 0 bridgehead atoms. The van der Waals surface area contributed by atoms with Gasteiger partial charge in [0, 0.05) is 13.1 Å². The summed E-state index contributed by atoms with van der Waals surface area (Å²) in [5.41, 5.74) is 1.12. The lowest BCUT2D eigenvalue weighted by Crippen LogP contribution is -2.42. The first-order valence-electron chi connectivity index (χ1n) is 7.51. The first-order valence-corrected chi connectivity index (χ1v) is 8.39. The second-order valence-electron chi connectivity index (χ2n) is 5.66. The Balaban J connectivity index is 1.46. The van der Waals surface area contributed by atoms with Crippen LogP contribution in [0.3, 0.4) is 0 Å². The number of cyclic esters (lactones) is 1. The van der Waals surface area contributed by atoms with Crippen molar-refractivity contribution in [3.63, 3.8) is 0 Å². The lowest BCUT2D eigenvalue weighted by Gasteiger charge is -2.19. The molecule has 0 aromatic carbocycles. The number of amides is 3. The molecule has 1 N–H and O–H groups in total. The van der Waals surface area contributed by atoms with Crippen LogP contribution < -0.4 is 0 Å². The average Bonchev–Trinajstić information content (AvgIpc) is 3.34. The Hall–Kier alpha value is -2.68. The van der Waals surface area contributed by atoms with Crippen molar-refractivity contribution in [1.82, 2.24) is 20.0 Å². The van der Waals surface area contributed by atoms with Crippen molar-refractivity contribution in [3.05, 3.63) is 29.3 Å². The van der Waals surface area contributed by atoms with E-state index in [1.54, 1.807) is 22.3 Å². The van der Waals surface area contributed by atoms with Gasteiger partial charge >= 0.3 is 6.09 Å². The van der Waals surface area contributed by atoms with Gasteiger partial charge in [-0.1, -0.05) is 6.07 Å². The highest BCUT2D eigenvalue weighted by Gasteiger charge is 2.41. The van der Waals surface area contributed by atoms with E-state index in [1.807, 2.05) is 17.5 Å². The van der Waals surface area contributed by atoms with Crippen molar-refractivity contribution in [2.24, 2.45) is 0 Å². The summed E-state index contributed by atoms with van der Waals surface area (Å²) in [6.45, 7) is 0.565. The zero-order chi connectivity index (χ0) is 16.7. The molecule has 2 aromatic heterocycles. The molecule has 0 spiro atoms. The number of carbonyl (C=O) groups is 3. The van der Waals surface area contributed by atoms with Crippen LogP contribution in [0.2, 0.25) is 0 Å². The number of hydrogen-bond acceptors (Lipinski definition) is 6. The number of carbonyl (C=O) groups excluding carboxylic acids is 3. The number of rotatable bonds is 3. The Labute approximate surface area is 141 Å². The second-order valence-corrected chi connectivity index (χ2v) is 6.60. The fraction of sp³-hybridized carbons (Fsp3) is 0.333. The molecule has 0 aliphatic carbocycles. The minimum absolute atomic E-state index is 0.212. The van der Waals surface area contributed by atoms with Crippen molar-refractivity contribution in [1.29, 1.82) is 0 Å². The largest absolute Gasteiger partial charge is 0.439 e. The third kappa shape index (κ3) is 2.46. The molecule has 0 saturated carbocycles. The van der Waals surface area contributed by atoms with Gasteiger partial charge < -0.3 is 9.64 Å². The maximum absolute atomic E-state index is 12.6. The van der Waals surface area contributed by atoms with Crippen molar-refractivity contribution >= 4 is 29.2 Å². The molecule has 124 valence electrons. The van der Waals surface area contributed by atoms with Crippen LogP contribution in [0.4, 0.5) is 4.79 Å². The first kappa shape index (κ1) is 14.9. The van der Waals surface area contributed by atoms with E-state index in [2.05, 4.69) is 10.2 Å². The van der Waals surface area contributed by atoms with Gasteiger partial charge in [0.05, 0.1) is 16.6 Å². The number of H-pyrrole nitrogens is 1. The van der Waals surface area contributed by atoms with Crippen molar-refractivity contribution in [3.8, 4) is 10.6 Å². The van der Waals surface area contributed by atoms with E-state index in [1.165, 1.54) is 0 Å². The first-order chi connectivity index (χ1) is 11.6. The number of likely N-dealkylation sites (tertiary alicyclic amines) is 1. The van der Waals surface area contributed by atoms with E-state index >= 15 is 0 Å². The predicted octanol–water partition coefficient (Wildman–Crippen LogP) is 1.33. The molecule has 2 fully saturated rings. The molecule has 2 aliphatic heterocycles. The summed E-state index contributed by atoms with van der Waals surface area (Å²) >= 11 is 1.56. The van der Waals surface area contributed by atoms with Gasteiger partial charge in [0.1, 0.15) is 0 Å². The van der Waals surface area contributed by atoms with E-state index in [-0.39, 0.29) is 24.5 Å². The molecular formula is C15H14N4O4S. The number of nitrogens with zero attached hydrogens (tertiary/aromatic N) is 3. The minimum Gasteiger partial charge on any atom is -0.439 e. The molecule has 9 heteroatoms. The van der Waals surface area contributed by atoms with E-state index in [0.717, 1.165) is 15.5 Å². The van der Waals surface area contributed by atoms with Gasteiger partial charge in [-0.25, -0.2) is 9.69 Å². The van der Waals surface area contributed by atoms with Crippen molar-refractivity contribution in [2.75, 3.05) is 19.7 Å². The highest BCUT2D eigenvalue weighted by molar-refractivity contribution is 7.13. The third-order valence-electron chi connectivity index (χ3n) is 4.18. The van der Waals surface area contributed by atoms with E-state index in [0.29, 0.717) is 25.2 Å². The van der Waals surface area contributed by atoms with E-state index < -0.39 is 6.09 Å². The van der Waals surface area contributed by atoms with Gasteiger partial charge in [-0.15, -0.1) is 11.3 Å². The average molecular weight is 346 g/mol. The van der Waals surface area contributed by atoms with Crippen LogP contribution in [0.15, 0.2) is 23.6 Å². The predicted molar refractivity (Wildman–Crippen MR) is 84.4 cm³/mol. The fourth-order valence-corrected chi connectivity index (χ4v) is 3.70. The number of aromatic amines is 1. The van der Waals surface area contributed by atoms with Crippen LogP contribution in [0.5, 0.6) is 0 Å². The van der Waals surface area contributed by atoms with Gasteiger partial charge in [0.2, 0.25) is 0 Å². The highest BCUT2D eigenvalue weighted by Crippen LogP contribution is 2.25. The summed E-state index contributed by atoms with van der Waals surface area (Å²) in [6, 6.07) is 5.27. The molecule has 2 aliphatic rings. The Kier molecular flexibility index (Phi) is 3.57. The fourth-order valence-electron chi connectivity index (χ4n) is 3.01. The number of hydrogen-bond donors (Lipinski definition) is 1. The molecule has 0 unspecified atom stereocenters. The number of thiophene rings is 1. The van der Waals surface area contributed by atoms with Gasteiger partial charge in [-0.05, 0) is 23.9 Å². The molecule has 2 saturated heterocycles. The topological polar surface area (TPSA) is 95.6 Å². The van der Waals surface area contributed by atoms with Crippen LogP contribution in [0.1, 0.15) is 16.9 Å². The SMILES string of the molecule is O=C(c1cc(-c2cccs2)[nH]n1)N1CC[C@@H](N2C(=O)COC2=O)C1. The summed E-state index contributed by atoms with van der Waals surface area (Å²) < 4.78 is 4.73. The van der Waals surface area contributed by atoms with Crippen LogP contribution in [0, 0.1) is 0 Å². The summed E-state index contributed by atoms with van der Waals surface area (Å²) in [7, 11) is 0. The van der Waals surface area contributed by atoms with Gasteiger partial charge in [0.15, 0.2) is 12.3 Å². The zero-order valence-electron chi connectivity index (χ0n) is 12.6. The maximum atomic E-state index is 12.6. The Bertz CT molecular complexity index is 784. The second kappa shape index (κ2) is 5.75. The smallest absolute Gasteiger partial charge is 0.417 e. The number of aromatic nitrogens is 2. The summed E-state index contributed by atoms with van der Waals surface area (Å²) in [6.07, 6.45) is -0.0755. The molecule has 3 amide bonds.